The summed E-state index contributed by atoms with van der Waals surface area (Å²) >= 11 is 1.61. The van der Waals surface area contributed by atoms with Crippen LogP contribution in [-0.4, -0.2) is 23.7 Å². The van der Waals surface area contributed by atoms with Gasteiger partial charge in [0.2, 0.25) is 11.8 Å². The number of methoxy groups -OCH3 is 1. The second-order valence-electron chi connectivity index (χ2n) is 5.67. The highest BCUT2D eigenvalue weighted by atomic mass is 32.2. The molecule has 0 bridgehead atoms. The SMILES string of the molecule is COc1cccc(C2=Nc3cc(C(N)=O)ccc3Sc3ccccc32)n1. The van der Waals surface area contributed by atoms with Crippen LogP contribution in [0.1, 0.15) is 21.6 Å². The van der Waals surface area contributed by atoms with Crippen molar-refractivity contribution in [3.63, 3.8) is 0 Å². The van der Waals surface area contributed by atoms with Gasteiger partial charge >= 0.3 is 0 Å². The molecule has 6 heteroatoms. The van der Waals surface area contributed by atoms with Crippen LogP contribution in [0.4, 0.5) is 5.69 Å². The molecule has 5 nitrogen and oxygen atoms in total. The molecule has 2 N–H and O–H groups in total. The normalized spacial score (nSPS) is 12.4. The van der Waals surface area contributed by atoms with E-state index in [1.165, 1.54) is 0 Å². The van der Waals surface area contributed by atoms with E-state index in [-0.39, 0.29) is 0 Å². The number of fused-ring (bicyclic) bond motifs is 2. The average molecular weight is 361 g/mol. The number of primary amides is 1. The number of hydrogen-bond donors (Lipinski definition) is 1. The number of hydrogen-bond acceptors (Lipinski definition) is 5. The van der Waals surface area contributed by atoms with Crippen molar-refractivity contribution in [3.05, 3.63) is 77.5 Å². The summed E-state index contributed by atoms with van der Waals surface area (Å²) in [4.78, 5) is 23.0. The first-order chi connectivity index (χ1) is 12.7. The topological polar surface area (TPSA) is 77.6 Å². The van der Waals surface area contributed by atoms with E-state index >= 15 is 0 Å². The predicted octanol–water partition coefficient (Wildman–Crippen LogP) is 3.82. The maximum absolute atomic E-state index is 11.6. The molecule has 4 rings (SSSR count). The molecule has 0 saturated heterocycles. The molecule has 2 heterocycles. The second-order valence-corrected chi connectivity index (χ2v) is 6.75. The van der Waals surface area contributed by atoms with Gasteiger partial charge in [0.15, 0.2) is 0 Å². The van der Waals surface area contributed by atoms with Gasteiger partial charge in [0, 0.05) is 27.0 Å². The van der Waals surface area contributed by atoms with E-state index in [1.54, 1.807) is 37.1 Å². The van der Waals surface area contributed by atoms with Gasteiger partial charge in [-0.1, -0.05) is 36.0 Å². The first kappa shape index (κ1) is 16.4. The van der Waals surface area contributed by atoms with Gasteiger partial charge in [-0.05, 0) is 30.3 Å². The second kappa shape index (κ2) is 6.65. The molecule has 0 atom stereocenters. The fourth-order valence-electron chi connectivity index (χ4n) is 2.75. The van der Waals surface area contributed by atoms with Gasteiger partial charge in [0.05, 0.1) is 24.2 Å². The monoisotopic (exact) mass is 361 g/mol. The molecule has 0 saturated carbocycles. The van der Waals surface area contributed by atoms with Crippen LogP contribution < -0.4 is 10.5 Å². The Labute approximate surface area is 154 Å². The van der Waals surface area contributed by atoms with Gasteiger partial charge < -0.3 is 10.5 Å². The minimum Gasteiger partial charge on any atom is -0.481 e. The van der Waals surface area contributed by atoms with E-state index in [0.29, 0.717) is 22.8 Å². The highest BCUT2D eigenvalue weighted by molar-refractivity contribution is 7.99. The maximum atomic E-state index is 11.6. The number of benzene rings is 2. The zero-order valence-corrected chi connectivity index (χ0v) is 14.8. The molecular weight excluding hydrogens is 346 g/mol. The number of carbonyl (C=O) groups is 1. The molecule has 1 aliphatic heterocycles. The summed E-state index contributed by atoms with van der Waals surface area (Å²) in [6.45, 7) is 0. The molecule has 1 aromatic heterocycles. The lowest BCUT2D eigenvalue weighted by Crippen LogP contribution is -2.10. The molecule has 1 amide bonds. The molecule has 0 radical (unpaired) electrons. The van der Waals surface area contributed by atoms with Crippen LogP contribution in [-0.2, 0) is 0 Å². The largest absolute Gasteiger partial charge is 0.481 e. The Morgan fingerprint density at radius 3 is 2.69 bits per heavy atom. The number of carbonyl (C=O) groups excluding carboxylic acids is 1. The van der Waals surface area contributed by atoms with Crippen molar-refractivity contribution in [3.8, 4) is 5.88 Å². The van der Waals surface area contributed by atoms with Crippen LogP contribution in [0, 0.1) is 0 Å². The van der Waals surface area contributed by atoms with Crippen LogP contribution in [0.3, 0.4) is 0 Å². The van der Waals surface area contributed by atoms with E-state index in [4.69, 9.17) is 15.5 Å². The number of nitrogens with zero attached hydrogens (tertiary/aromatic N) is 2. The summed E-state index contributed by atoms with van der Waals surface area (Å²) in [5.41, 5.74) is 8.97. The van der Waals surface area contributed by atoms with Crippen LogP contribution in [0.5, 0.6) is 5.88 Å². The van der Waals surface area contributed by atoms with Crippen LogP contribution in [0.15, 0.2) is 75.4 Å². The molecular formula is C20H15N3O2S. The zero-order valence-electron chi connectivity index (χ0n) is 14.0. The molecule has 0 fully saturated rings. The zero-order chi connectivity index (χ0) is 18.1. The maximum Gasteiger partial charge on any atom is 0.248 e. The van der Waals surface area contributed by atoms with Crippen LogP contribution in [0.2, 0.25) is 0 Å². The number of rotatable bonds is 3. The summed E-state index contributed by atoms with van der Waals surface area (Å²) in [5.74, 6) is 0.0431. The minimum absolute atomic E-state index is 0.428. The molecule has 3 aromatic rings. The Balaban J connectivity index is 1.96. The van der Waals surface area contributed by atoms with E-state index in [9.17, 15) is 4.79 Å². The highest BCUT2D eigenvalue weighted by Gasteiger charge is 2.20. The van der Waals surface area contributed by atoms with Crippen LogP contribution in [0.25, 0.3) is 0 Å². The van der Waals surface area contributed by atoms with Crippen LogP contribution >= 0.6 is 11.8 Å². The third-order valence-electron chi connectivity index (χ3n) is 4.01. The molecule has 128 valence electrons. The minimum atomic E-state index is -0.476. The quantitative estimate of drug-likeness (QED) is 0.602. The van der Waals surface area contributed by atoms with E-state index in [1.807, 2.05) is 42.5 Å². The Morgan fingerprint density at radius 2 is 1.88 bits per heavy atom. The van der Waals surface area contributed by atoms with Crippen molar-refractivity contribution in [2.75, 3.05) is 7.11 Å². The van der Waals surface area contributed by atoms with Gasteiger partial charge in [-0.3, -0.25) is 4.79 Å². The van der Waals surface area contributed by atoms with Crippen molar-refractivity contribution < 1.29 is 9.53 Å². The Bertz CT molecular complexity index is 1050. The van der Waals surface area contributed by atoms with Crippen molar-refractivity contribution in [2.45, 2.75) is 9.79 Å². The van der Waals surface area contributed by atoms with E-state index in [2.05, 4.69) is 4.98 Å². The lowest BCUT2D eigenvalue weighted by atomic mass is 10.1. The third kappa shape index (κ3) is 2.95. The molecule has 0 aliphatic carbocycles. The van der Waals surface area contributed by atoms with Gasteiger partial charge in [-0.15, -0.1) is 0 Å². The third-order valence-corrected chi connectivity index (χ3v) is 5.15. The molecule has 2 aromatic carbocycles. The fraction of sp³-hybridized carbons (Fsp3) is 0.0500. The molecule has 26 heavy (non-hydrogen) atoms. The number of nitrogens with two attached hydrogens (primary N) is 1. The van der Waals surface area contributed by atoms with E-state index < -0.39 is 5.91 Å². The standard InChI is InChI=1S/C20H15N3O2S/c1-25-18-8-4-6-14(22-18)19-13-5-2-3-7-16(13)26-17-10-9-12(20(21)24)11-15(17)23-19/h2-11H,1H3,(H2,21,24). The molecule has 0 spiro atoms. The Morgan fingerprint density at radius 1 is 1.04 bits per heavy atom. The van der Waals surface area contributed by atoms with Crippen molar-refractivity contribution >= 4 is 29.1 Å². The highest BCUT2D eigenvalue weighted by Crippen LogP contribution is 2.41. The molecule has 0 unspecified atom stereocenters. The van der Waals surface area contributed by atoms with Crippen molar-refractivity contribution in [1.82, 2.24) is 4.98 Å². The number of aromatic nitrogens is 1. The summed E-state index contributed by atoms with van der Waals surface area (Å²) in [7, 11) is 1.58. The van der Waals surface area contributed by atoms with E-state index in [0.717, 1.165) is 21.1 Å². The summed E-state index contributed by atoms with van der Waals surface area (Å²) in [6.07, 6.45) is 0. The summed E-state index contributed by atoms with van der Waals surface area (Å²) in [5, 5.41) is 0. The van der Waals surface area contributed by atoms with Crippen molar-refractivity contribution in [2.24, 2.45) is 10.7 Å². The van der Waals surface area contributed by atoms with Gasteiger partial charge in [0.1, 0.15) is 0 Å². The Hall–Kier alpha value is -3.12. The number of aliphatic imine (C=N–C) groups is 1. The predicted molar refractivity (Wildman–Crippen MR) is 102 cm³/mol. The fourth-order valence-corrected chi connectivity index (χ4v) is 3.75. The van der Waals surface area contributed by atoms with Crippen molar-refractivity contribution in [1.29, 1.82) is 0 Å². The first-order valence-electron chi connectivity index (χ1n) is 7.97. The first-order valence-corrected chi connectivity index (χ1v) is 8.78. The van der Waals surface area contributed by atoms with Gasteiger partial charge in [-0.2, -0.15) is 0 Å². The van der Waals surface area contributed by atoms with Gasteiger partial charge in [-0.25, -0.2) is 9.98 Å². The Kier molecular flexibility index (Phi) is 4.18. The summed E-state index contributed by atoms with van der Waals surface area (Å²) in [6, 6.07) is 18.9. The number of pyridine rings is 1. The average Bonchev–Trinajstić information content (AvgIpc) is 2.84. The summed E-state index contributed by atoms with van der Waals surface area (Å²) < 4.78 is 5.25. The number of amides is 1. The number of ether oxygens (including phenoxy) is 1. The smallest absolute Gasteiger partial charge is 0.248 e. The lowest BCUT2D eigenvalue weighted by Gasteiger charge is -2.09. The van der Waals surface area contributed by atoms with Gasteiger partial charge in [0.25, 0.3) is 0 Å². The molecule has 1 aliphatic rings. The lowest BCUT2D eigenvalue weighted by molar-refractivity contribution is 0.1000.